The average molecular weight is 243 g/mol. The second kappa shape index (κ2) is 4.39. The van der Waals surface area contributed by atoms with Gasteiger partial charge >= 0.3 is 0 Å². The normalized spacial score (nSPS) is 21.3. The maximum absolute atomic E-state index is 13.3. The summed E-state index contributed by atoms with van der Waals surface area (Å²) in [5.74, 6) is -0.399. The first-order chi connectivity index (χ1) is 7.59. The summed E-state index contributed by atoms with van der Waals surface area (Å²) in [6.45, 7) is 0.760. The van der Waals surface area contributed by atoms with Crippen molar-refractivity contribution in [1.29, 1.82) is 0 Å². The van der Waals surface area contributed by atoms with Gasteiger partial charge in [0.15, 0.2) is 0 Å². The number of carbonyl (C=O) groups is 1. The standard InChI is InChI=1S/C11H12ClFN2O/c1-15-6-9(14-5-10(15)16)7-3-2-4-8(13)11(7)12/h2-4,9,14H,5-6H2,1H3. The summed E-state index contributed by atoms with van der Waals surface area (Å²) >= 11 is 5.89. The maximum Gasteiger partial charge on any atom is 0.236 e. The van der Waals surface area contributed by atoms with Gasteiger partial charge in [-0.25, -0.2) is 4.39 Å². The van der Waals surface area contributed by atoms with Gasteiger partial charge in [-0.2, -0.15) is 0 Å². The van der Waals surface area contributed by atoms with E-state index in [9.17, 15) is 9.18 Å². The lowest BCUT2D eigenvalue weighted by Crippen LogP contribution is -2.47. The summed E-state index contributed by atoms with van der Waals surface area (Å²) in [6.07, 6.45) is 0. The molecule has 0 spiro atoms. The van der Waals surface area contributed by atoms with Gasteiger partial charge in [-0.3, -0.25) is 10.1 Å². The molecule has 1 heterocycles. The minimum Gasteiger partial charge on any atom is -0.343 e. The number of benzene rings is 1. The Morgan fingerprint density at radius 1 is 1.56 bits per heavy atom. The number of piperazine rings is 1. The van der Waals surface area contributed by atoms with Gasteiger partial charge in [0, 0.05) is 13.6 Å². The summed E-state index contributed by atoms with van der Waals surface area (Å²) in [5, 5.41) is 3.17. The van der Waals surface area contributed by atoms with Crippen LogP contribution < -0.4 is 5.32 Å². The Balaban J connectivity index is 2.25. The predicted molar refractivity (Wildman–Crippen MR) is 59.8 cm³/mol. The van der Waals surface area contributed by atoms with Gasteiger partial charge in [-0.05, 0) is 11.6 Å². The molecular formula is C11H12ClFN2O. The molecule has 1 unspecified atom stereocenters. The third-order valence-electron chi connectivity index (χ3n) is 2.74. The van der Waals surface area contributed by atoms with Crippen molar-refractivity contribution in [2.24, 2.45) is 0 Å². The molecule has 1 atom stereocenters. The molecule has 0 aliphatic carbocycles. The molecule has 1 aliphatic heterocycles. The van der Waals surface area contributed by atoms with Crippen LogP contribution in [0.2, 0.25) is 5.02 Å². The number of nitrogens with zero attached hydrogens (tertiary/aromatic N) is 1. The van der Waals surface area contributed by atoms with Crippen LogP contribution in [0.3, 0.4) is 0 Å². The molecule has 3 nitrogen and oxygen atoms in total. The van der Waals surface area contributed by atoms with E-state index in [1.165, 1.54) is 6.07 Å². The van der Waals surface area contributed by atoms with Crippen LogP contribution in [-0.2, 0) is 4.79 Å². The third-order valence-corrected chi connectivity index (χ3v) is 3.14. The summed E-state index contributed by atoms with van der Waals surface area (Å²) in [5.41, 5.74) is 0.695. The molecule has 0 aromatic heterocycles. The van der Waals surface area contributed by atoms with E-state index >= 15 is 0 Å². The second-order valence-electron chi connectivity index (χ2n) is 3.85. The van der Waals surface area contributed by atoms with E-state index in [1.807, 2.05) is 0 Å². The van der Waals surface area contributed by atoms with Crippen LogP contribution in [0.1, 0.15) is 11.6 Å². The van der Waals surface area contributed by atoms with Crippen molar-refractivity contribution >= 4 is 17.5 Å². The fraction of sp³-hybridized carbons (Fsp3) is 0.364. The highest BCUT2D eigenvalue weighted by Gasteiger charge is 2.25. The lowest BCUT2D eigenvalue weighted by Gasteiger charge is -2.31. The van der Waals surface area contributed by atoms with Gasteiger partial charge in [0.25, 0.3) is 0 Å². The highest BCUT2D eigenvalue weighted by atomic mass is 35.5. The van der Waals surface area contributed by atoms with Crippen LogP contribution in [0, 0.1) is 5.82 Å². The van der Waals surface area contributed by atoms with Crippen LogP contribution >= 0.6 is 11.6 Å². The fourth-order valence-electron chi connectivity index (χ4n) is 1.78. The monoisotopic (exact) mass is 242 g/mol. The summed E-state index contributed by atoms with van der Waals surface area (Å²) in [6, 6.07) is 4.61. The first-order valence-corrected chi connectivity index (χ1v) is 5.38. The van der Waals surface area contributed by atoms with Gasteiger partial charge in [0.1, 0.15) is 5.82 Å². The third kappa shape index (κ3) is 2.03. The highest BCUT2D eigenvalue weighted by molar-refractivity contribution is 6.31. The number of amides is 1. The van der Waals surface area contributed by atoms with Crippen molar-refractivity contribution in [1.82, 2.24) is 10.2 Å². The molecule has 1 aliphatic rings. The number of rotatable bonds is 1. The number of halogens is 2. The zero-order valence-electron chi connectivity index (χ0n) is 8.84. The number of likely N-dealkylation sites (N-methyl/N-ethyl adjacent to an activating group) is 1. The summed E-state index contributed by atoms with van der Waals surface area (Å²) in [4.78, 5) is 12.9. The number of carbonyl (C=O) groups excluding carboxylic acids is 1. The quantitative estimate of drug-likeness (QED) is 0.811. The van der Waals surface area contributed by atoms with Crippen LogP contribution in [0.5, 0.6) is 0 Å². The Bertz CT molecular complexity index is 424. The molecular weight excluding hydrogens is 231 g/mol. The molecule has 2 rings (SSSR count). The Morgan fingerprint density at radius 2 is 2.31 bits per heavy atom. The lowest BCUT2D eigenvalue weighted by molar-refractivity contribution is -0.131. The molecule has 16 heavy (non-hydrogen) atoms. The first-order valence-electron chi connectivity index (χ1n) is 5.01. The molecule has 5 heteroatoms. The van der Waals surface area contributed by atoms with Crippen molar-refractivity contribution in [3.8, 4) is 0 Å². The largest absolute Gasteiger partial charge is 0.343 e. The van der Waals surface area contributed by atoms with E-state index in [2.05, 4.69) is 5.32 Å². The molecule has 1 saturated heterocycles. The zero-order valence-corrected chi connectivity index (χ0v) is 9.59. The number of hydrogen-bond donors (Lipinski definition) is 1. The van der Waals surface area contributed by atoms with Gasteiger partial charge < -0.3 is 4.90 Å². The Labute approximate surface area is 98.2 Å². The lowest BCUT2D eigenvalue weighted by atomic mass is 10.0. The van der Waals surface area contributed by atoms with Crippen molar-refractivity contribution in [3.05, 3.63) is 34.6 Å². The minimum absolute atomic E-state index is 0.0313. The van der Waals surface area contributed by atoms with E-state index in [0.717, 1.165) is 0 Å². The van der Waals surface area contributed by atoms with Crippen molar-refractivity contribution in [2.45, 2.75) is 6.04 Å². The van der Waals surface area contributed by atoms with Crippen molar-refractivity contribution in [2.75, 3.05) is 20.1 Å². The predicted octanol–water partition coefficient (Wildman–Crippen LogP) is 1.58. The molecule has 86 valence electrons. The van der Waals surface area contributed by atoms with E-state index in [-0.39, 0.29) is 23.5 Å². The summed E-state index contributed by atoms with van der Waals surface area (Å²) in [7, 11) is 1.73. The van der Waals surface area contributed by atoms with Crippen LogP contribution in [-0.4, -0.2) is 30.9 Å². The molecule has 0 saturated carbocycles. The Morgan fingerprint density at radius 3 is 3.00 bits per heavy atom. The Kier molecular flexibility index (Phi) is 3.12. The molecule has 0 radical (unpaired) electrons. The molecule has 1 aromatic rings. The van der Waals surface area contributed by atoms with E-state index in [0.29, 0.717) is 12.1 Å². The zero-order chi connectivity index (χ0) is 11.7. The molecule has 1 N–H and O–H groups in total. The van der Waals surface area contributed by atoms with Crippen LogP contribution in [0.15, 0.2) is 18.2 Å². The van der Waals surface area contributed by atoms with E-state index in [1.54, 1.807) is 24.1 Å². The minimum atomic E-state index is -0.430. The summed E-state index contributed by atoms with van der Waals surface area (Å²) < 4.78 is 13.3. The fourth-order valence-corrected chi connectivity index (χ4v) is 2.04. The van der Waals surface area contributed by atoms with Gasteiger partial charge in [-0.15, -0.1) is 0 Å². The van der Waals surface area contributed by atoms with Crippen LogP contribution in [0.25, 0.3) is 0 Å². The van der Waals surface area contributed by atoms with E-state index in [4.69, 9.17) is 11.6 Å². The average Bonchev–Trinajstić information content (AvgIpc) is 2.26. The SMILES string of the molecule is CN1CC(c2cccc(F)c2Cl)NCC1=O. The molecule has 1 aromatic carbocycles. The van der Waals surface area contributed by atoms with Crippen molar-refractivity contribution < 1.29 is 9.18 Å². The van der Waals surface area contributed by atoms with Gasteiger partial charge in [0.2, 0.25) is 5.91 Å². The number of hydrogen-bond acceptors (Lipinski definition) is 2. The number of nitrogens with one attached hydrogen (secondary N) is 1. The van der Waals surface area contributed by atoms with Crippen LogP contribution in [0.4, 0.5) is 4.39 Å². The smallest absolute Gasteiger partial charge is 0.236 e. The molecule has 1 amide bonds. The topological polar surface area (TPSA) is 32.3 Å². The van der Waals surface area contributed by atoms with Crippen molar-refractivity contribution in [3.63, 3.8) is 0 Å². The van der Waals surface area contributed by atoms with Gasteiger partial charge in [-0.1, -0.05) is 23.7 Å². The highest BCUT2D eigenvalue weighted by Crippen LogP contribution is 2.27. The first kappa shape index (κ1) is 11.4. The Hall–Kier alpha value is -1.13. The second-order valence-corrected chi connectivity index (χ2v) is 4.23. The van der Waals surface area contributed by atoms with Gasteiger partial charge in [0.05, 0.1) is 17.6 Å². The molecule has 0 bridgehead atoms. The maximum atomic E-state index is 13.3. The molecule has 1 fully saturated rings. The van der Waals surface area contributed by atoms with E-state index < -0.39 is 5.82 Å².